The van der Waals surface area contributed by atoms with Gasteiger partial charge in [-0.3, -0.25) is 5.10 Å². The molecule has 0 spiro atoms. The Balaban J connectivity index is 1.66. The van der Waals surface area contributed by atoms with Crippen LogP contribution in [-0.4, -0.2) is 39.7 Å². The van der Waals surface area contributed by atoms with Gasteiger partial charge < -0.3 is 9.88 Å². The molecule has 1 fully saturated rings. The third-order valence-electron chi connectivity index (χ3n) is 7.87. The summed E-state index contributed by atoms with van der Waals surface area (Å²) in [6.07, 6.45) is 18.6. The lowest BCUT2D eigenvalue weighted by atomic mass is 9.97. The number of hydrogen-bond acceptors (Lipinski definition) is 2. The molecule has 1 saturated heterocycles. The largest absolute Gasteiger partial charge is 0.357 e. The Bertz CT molecular complexity index is 1650. The SMILES string of the molecule is C=C/C=C(/c1ccccc1F)c1cc(-c2n[nH]c(=C/C)/c2=C\C(=C)C(/C=C(\C=C)CCCN2CCCC2)=C/C)[nH]c1C. The van der Waals surface area contributed by atoms with E-state index < -0.39 is 0 Å². The van der Waals surface area contributed by atoms with Gasteiger partial charge in [0.2, 0.25) is 0 Å². The van der Waals surface area contributed by atoms with Crippen molar-refractivity contribution in [3.05, 3.63) is 130 Å². The molecule has 1 aliphatic rings. The topological polar surface area (TPSA) is 47.7 Å². The average molecular weight is 563 g/mol. The van der Waals surface area contributed by atoms with Crippen molar-refractivity contribution >= 4 is 17.7 Å². The number of likely N-dealkylation sites (tertiary alicyclic amines) is 1. The first-order valence-corrected chi connectivity index (χ1v) is 14.8. The van der Waals surface area contributed by atoms with Gasteiger partial charge in [-0.25, -0.2) is 4.39 Å². The molecule has 3 heterocycles. The minimum Gasteiger partial charge on any atom is -0.357 e. The Labute approximate surface area is 249 Å². The smallest absolute Gasteiger partial charge is 0.131 e. The highest BCUT2D eigenvalue weighted by Crippen LogP contribution is 2.31. The Morgan fingerprint density at radius 1 is 1.12 bits per heavy atom. The predicted octanol–water partition coefficient (Wildman–Crippen LogP) is 7.54. The normalized spacial score (nSPS) is 16.0. The van der Waals surface area contributed by atoms with E-state index in [9.17, 15) is 4.39 Å². The van der Waals surface area contributed by atoms with Gasteiger partial charge in [0.15, 0.2) is 0 Å². The summed E-state index contributed by atoms with van der Waals surface area (Å²) in [5.41, 5.74) is 7.87. The minimum absolute atomic E-state index is 0.275. The number of allylic oxidation sites excluding steroid dienone is 8. The van der Waals surface area contributed by atoms with E-state index in [1.807, 2.05) is 51.1 Å². The Morgan fingerprint density at radius 3 is 2.55 bits per heavy atom. The maximum Gasteiger partial charge on any atom is 0.131 e. The van der Waals surface area contributed by atoms with Crippen molar-refractivity contribution in [2.24, 2.45) is 0 Å². The van der Waals surface area contributed by atoms with Crippen LogP contribution in [0.4, 0.5) is 4.39 Å². The first-order valence-electron chi connectivity index (χ1n) is 14.8. The second-order valence-corrected chi connectivity index (χ2v) is 10.7. The fourth-order valence-electron chi connectivity index (χ4n) is 5.59. The maximum absolute atomic E-state index is 14.8. The number of aryl methyl sites for hydroxylation is 1. The molecule has 2 aromatic heterocycles. The second kappa shape index (κ2) is 14.6. The highest BCUT2D eigenvalue weighted by Gasteiger charge is 2.17. The summed E-state index contributed by atoms with van der Waals surface area (Å²) >= 11 is 0. The van der Waals surface area contributed by atoms with E-state index >= 15 is 0 Å². The van der Waals surface area contributed by atoms with Crippen molar-refractivity contribution in [2.45, 2.75) is 46.5 Å². The number of aromatic amines is 2. The number of halogens is 1. The molecular formula is C37H43FN4. The van der Waals surface area contributed by atoms with Crippen LogP contribution in [0.1, 0.15) is 56.4 Å². The first-order chi connectivity index (χ1) is 20.4. The Morgan fingerprint density at radius 2 is 1.88 bits per heavy atom. The van der Waals surface area contributed by atoms with Crippen molar-refractivity contribution in [2.75, 3.05) is 19.6 Å². The van der Waals surface area contributed by atoms with Crippen LogP contribution < -0.4 is 10.6 Å². The van der Waals surface area contributed by atoms with Gasteiger partial charge in [0.25, 0.3) is 0 Å². The fraction of sp³-hybridized carbons (Fsp3) is 0.270. The van der Waals surface area contributed by atoms with Crippen molar-refractivity contribution in [1.29, 1.82) is 0 Å². The summed E-state index contributed by atoms with van der Waals surface area (Å²) in [5.74, 6) is -0.275. The van der Waals surface area contributed by atoms with Gasteiger partial charge in [0, 0.05) is 22.0 Å². The average Bonchev–Trinajstić information content (AvgIpc) is 3.74. The van der Waals surface area contributed by atoms with Crippen molar-refractivity contribution < 1.29 is 4.39 Å². The number of nitrogens with one attached hydrogen (secondary N) is 2. The van der Waals surface area contributed by atoms with Crippen LogP contribution in [0.15, 0.2) is 97.2 Å². The van der Waals surface area contributed by atoms with Gasteiger partial charge in [0.1, 0.15) is 11.5 Å². The number of rotatable bonds is 12. The molecule has 1 aromatic carbocycles. The molecule has 0 saturated carbocycles. The monoisotopic (exact) mass is 562 g/mol. The number of nitrogens with zero attached hydrogens (tertiary/aromatic N) is 2. The van der Waals surface area contributed by atoms with Crippen molar-refractivity contribution in [1.82, 2.24) is 20.1 Å². The van der Waals surface area contributed by atoms with Gasteiger partial charge in [-0.15, -0.1) is 0 Å². The lowest BCUT2D eigenvalue weighted by Gasteiger charge is -2.14. The molecule has 4 nitrogen and oxygen atoms in total. The maximum atomic E-state index is 14.8. The van der Waals surface area contributed by atoms with Crippen LogP contribution >= 0.6 is 0 Å². The van der Waals surface area contributed by atoms with E-state index in [-0.39, 0.29) is 5.82 Å². The number of H-pyrrole nitrogens is 2. The molecule has 42 heavy (non-hydrogen) atoms. The number of benzene rings is 1. The molecule has 0 bridgehead atoms. The summed E-state index contributed by atoms with van der Waals surface area (Å²) in [5, 5.41) is 9.69. The summed E-state index contributed by atoms with van der Waals surface area (Å²) in [6.45, 7) is 21.9. The zero-order chi connectivity index (χ0) is 30.1. The Kier molecular flexibility index (Phi) is 10.7. The van der Waals surface area contributed by atoms with Gasteiger partial charge in [0.05, 0.1) is 11.0 Å². The van der Waals surface area contributed by atoms with Crippen LogP contribution in [0.25, 0.3) is 29.1 Å². The third kappa shape index (κ3) is 7.15. The predicted molar refractivity (Wildman–Crippen MR) is 177 cm³/mol. The van der Waals surface area contributed by atoms with Gasteiger partial charge in [-0.05, 0) is 107 Å². The van der Waals surface area contributed by atoms with E-state index in [1.165, 1.54) is 37.6 Å². The summed E-state index contributed by atoms with van der Waals surface area (Å²) in [4.78, 5) is 6.03. The van der Waals surface area contributed by atoms with E-state index in [0.717, 1.165) is 69.3 Å². The van der Waals surface area contributed by atoms with E-state index in [1.54, 1.807) is 18.2 Å². The van der Waals surface area contributed by atoms with E-state index in [0.29, 0.717) is 5.56 Å². The van der Waals surface area contributed by atoms with Crippen LogP contribution in [0, 0.1) is 12.7 Å². The minimum atomic E-state index is -0.275. The molecule has 3 aromatic rings. The van der Waals surface area contributed by atoms with Crippen LogP contribution in [-0.2, 0) is 0 Å². The summed E-state index contributed by atoms with van der Waals surface area (Å²) in [7, 11) is 0. The molecule has 4 rings (SSSR count). The summed E-state index contributed by atoms with van der Waals surface area (Å²) in [6, 6.07) is 8.83. The van der Waals surface area contributed by atoms with Crippen LogP contribution in [0.2, 0.25) is 0 Å². The molecule has 218 valence electrons. The highest BCUT2D eigenvalue weighted by atomic mass is 19.1. The molecule has 1 aliphatic heterocycles. The lowest BCUT2D eigenvalue weighted by Crippen LogP contribution is -2.23. The number of aromatic nitrogens is 3. The van der Waals surface area contributed by atoms with Gasteiger partial charge in [-0.2, -0.15) is 5.10 Å². The number of hydrogen-bond donors (Lipinski definition) is 2. The van der Waals surface area contributed by atoms with Crippen molar-refractivity contribution in [3.8, 4) is 11.4 Å². The molecular weight excluding hydrogens is 519 g/mol. The molecule has 2 N–H and O–H groups in total. The molecule has 0 amide bonds. The van der Waals surface area contributed by atoms with E-state index in [4.69, 9.17) is 0 Å². The van der Waals surface area contributed by atoms with Gasteiger partial charge in [-0.1, -0.05) is 74.4 Å². The van der Waals surface area contributed by atoms with E-state index in [2.05, 4.69) is 58.0 Å². The van der Waals surface area contributed by atoms with Crippen LogP contribution in [0.3, 0.4) is 0 Å². The second-order valence-electron chi connectivity index (χ2n) is 10.7. The lowest BCUT2D eigenvalue weighted by molar-refractivity contribution is 0.334. The fourth-order valence-corrected chi connectivity index (χ4v) is 5.59. The third-order valence-corrected chi connectivity index (χ3v) is 7.87. The van der Waals surface area contributed by atoms with Crippen LogP contribution in [0.5, 0.6) is 0 Å². The molecule has 0 radical (unpaired) electrons. The standard InChI is InChI=1S/C37H43FN4/c1-7-16-30(31-18-11-12-19-34(31)38)32-25-36(39-27(32)6)37-33(35(10-4)40-41-37)23-26(5)29(9-3)24-28(8-2)17-15-22-42-20-13-14-21-42/h7-12,16,18-19,23-25,39-40H,1-2,5,13-15,17,20-22H2,3-4,6H3/b28-24+,29-9+,30-16-,33-23+,35-10+. The molecule has 0 unspecified atom stereocenters. The zero-order valence-corrected chi connectivity index (χ0v) is 25.3. The Hall–Kier alpha value is -4.22. The quantitative estimate of drug-likeness (QED) is 0.224. The molecule has 0 atom stereocenters. The van der Waals surface area contributed by atoms with Gasteiger partial charge >= 0.3 is 0 Å². The zero-order valence-electron chi connectivity index (χ0n) is 25.3. The summed E-state index contributed by atoms with van der Waals surface area (Å²) < 4.78 is 14.8. The molecule has 5 heteroatoms. The first kappa shape index (κ1) is 30.7. The highest BCUT2D eigenvalue weighted by molar-refractivity contribution is 5.84. The van der Waals surface area contributed by atoms with Crippen molar-refractivity contribution in [3.63, 3.8) is 0 Å². The molecule has 0 aliphatic carbocycles.